The number of hydrogen-bond donors (Lipinski definition) is 0. The van der Waals surface area contributed by atoms with Crippen molar-refractivity contribution in [2.24, 2.45) is 5.92 Å². The quantitative estimate of drug-likeness (QED) is 0.801. The maximum absolute atomic E-state index is 12.0. The first kappa shape index (κ1) is 14.7. The summed E-state index contributed by atoms with van der Waals surface area (Å²) in [6.45, 7) is 3.72. The second kappa shape index (κ2) is 6.64. The van der Waals surface area contributed by atoms with E-state index < -0.39 is 0 Å². The molecule has 110 valence electrons. The van der Waals surface area contributed by atoms with Crippen molar-refractivity contribution in [1.29, 1.82) is 0 Å². The molecular formula is C16H23NO3. The van der Waals surface area contributed by atoms with Crippen LogP contribution in [0.4, 0.5) is 5.69 Å². The molecule has 1 unspecified atom stereocenters. The van der Waals surface area contributed by atoms with Gasteiger partial charge in [0.25, 0.3) is 0 Å². The summed E-state index contributed by atoms with van der Waals surface area (Å²) in [7, 11) is 3.32. The largest absolute Gasteiger partial charge is 0.497 e. The number of hydrogen-bond acceptors (Lipinski definition) is 4. The Hall–Kier alpha value is -1.71. The SMILES string of the molecule is CCCC(=O)C1CCN(c2cc(OC)ccc2OC)C1. The van der Waals surface area contributed by atoms with Gasteiger partial charge in [-0.3, -0.25) is 4.79 Å². The molecule has 1 aliphatic heterocycles. The fraction of sp³-hybridized carbons (Fsp3) is 0.562. The van der Waals surface area contributed by atoms with Crippen LogP contribution in [-0.4, -0.2) is 33.1 Å². The standard InChI is InChI=1S/C16H23NO3/c1-4-5-15(18)12-8-9-17(11-12)14-10-13(19-2)6-7-16(14)20-3/h6-7,10,12H,4-5,8-9,11H2,1-3H3. The van der Waals surface area contributed by atoms with Crippen molar-refractivity contribution in [3.8, 4) is 11.5 Å². The van der Waals surface area contributed by atoms with Crippen LogP contribution >= 0.6 is 0 Å². The molecule has 0 amide bonds. The fourth-order valence-corrected chi connectivity index (χ4v) is 2.74. The van der Waals surface area contributed by atoms with E-state index in [0.29, 0.717) is 12.2 Å². The Morgan fingerprint density at radius 2 is 2.15 bits per heavy atom. The second-order valence-corrected chi connectivity index (χ2v) is 5.19. The maximum Gasteiger partial charge on any atom is 0.142 e. The normalized spacial score (nSPS) is 18.1. The third-order valence-electron chi connectivity index (χ3n) is 3.87. The molecule has 1 heterocycles. The van der Waals surface area contributed by atoms with Crippen LogP contribution in [0, 0.1) is 5.92 Å². The van der Waals surface area contributed by atoms with Gasteiger partial charge in [-0.25, -0.2) is 0 Å². The van der Waals surface area contributed by atoms with E-state index in [1.165, 1.54) is 0 Å². The van der Waals surface area contributed by atoms with E-state index >= 15 is 0 Å². The van der Waals surface area contributed by atoms with E-state index in [0.717, 1.165) is 43.1 Å². The monoisotopic (exact) mass is 277 g/mol. The van der Waals surface area contributed by atoms with Crippen LogP contribution in [0.25, 0.3) is 0 Å². The zero-order chi connectivity index (χ0) is 14.5. The average Bonchev–Trinajstić information content (AvgIpc) is 2.96. The molecule has 2 rings (SSSR count). The lowest BCUT2D eigenvalue weighted by Gasteiger charge is -2.21. The molecule has 0 aromatic heterocycles. The minimum atomic E-state index is 0.158. The van der Waals surface area contributed by atoms with Crippen LogP contribution < -0.4 is 14.4 Å². The number of nitrogens with zero attached hydrogens (tertiary/aromatic N) is 1. The highest BCUT2D eigenvalue weighted by Crippen LogP contribution is 2.35. The van der Waals surface area contributed by atoms with Crippen LogP contribution in [0.3, 0.4) is 0 Å². The minimum Gasteiger partial charge on any atom is -0.497 e. The topological polar surface area (TPSA) is 38.8 Å². The zero-order valence-electron chi connectivity index (χ0n) is 12.5. The number of methoxy groups -OCH3 is 2. The highest BCUT2D eigenvalue weighted by molar-refractivity contribution is 5.82. The number of rotatable bonds is 6. The lowest BCUT2D eigenvalue weighted by Crippen LogP contribution is -2.23. The minimum absolute atomic E-state index is 0.158. The van der Waals surface area contributed by atoms with Gasteiger partial charge in [-0.2, -0.15) is 0 Å². The summed E-state index contributed by atoms with van der Waals surface area (Å²) in [6.07, 6.45) is 2.55. The fourth-order valence-electron chi connectivity index (χ4n) is 2.74. The molecule has 0 N–H and O–H groups in total. The first-order valence-corrected chi connectivity index (χ1v) is 7.19. The number of anilines is 1. The van der Waals surface area contributed by atoms with Gasteiger partial charge in [0.05, 0.1) is 19.9 Å². The maximum atomic E-state index is 12.0. The predicted octanol–water partition coefficient (Wildman–Crippen LogP) is 2.90. The molecule has 1 atom stereocenters. The molecule has 1 aliphatic rings. The molecule has 1 saturated heterocycles. The summed E-state index contributed by atoms with van der Waals surface area (Å²) >= 11 is 0. The number of benzene rings is 1. The van der Waals surface area contributed by atoms with Crippen LogP contribution in [0.15, 0.2) is 18.2 Å². The Labute approximate surface area is 120 Å². The lowest BCUT2D eigenvalue weighted by molar-refractivity contribution is -0.122. The van der Waals surface area contributed by atoms with Crippen molar-refractivity contribution in [3.05, 3.63) is 18.2 Å². The van der Waals surface area contributed by atoms with Gasteiger partial charge in [-0.15, -0.1) is 0 Å². The van der Waals surface area contributed by atoms with Crippen molar-refractivity contribution >= 4 is 11.5 Å². The smallest absolute Gasteiger partial charge is 0.142 e. The molecule has 1 aromatic carbocycles. The Bertz CT molecular complexity index is 473. The molecule has 0 aliphatic carbocycles. The van der Waals surface area contributed by atoms with Crippen molar-refractivity contribution in [3.63, 3.8) is 0 Å². The molecule has 4 heteroatoms. The van der Waals surface area contributed by atoms with E-state index in [9.17, 15) is 4.79 Å². The summed E-state index contributed by atoms with van der Waals surface area (Å²) in [5, 5.41) is 0. The van der Waals surface area contributed by atoms with Crippen LogP contribution in [0.1, 0.15) is 26.2 Å². The third-order valence-corrected chi connectivity index (χ3v) is 3.87. The number of ketones is 1. The Morgan fingerprint density at radius 1 is 1.35 bits per heavy atom. The summed E-state index contributed by atoms with van der Waals surface area (Å²) in [5.74, 6) is 2.18. The van der Waals surface area contributed by atoms with Gasteiger partial charge in [0.15, 0.2) is 0 Å². The van der Waals surface area contributed by atoms with Crippen LogP contribution in [-0.2, 0) is 4.79 Å². The van der Waals surface area contributed by atoms with Crippen molar-refractivity contribution in [1.82, 2.24) is 0 Å². The predicted molar refractivity (Wildman–Crippen MR) is 79.8 cm³/mol. The van der Waals surface area contributed by atoms with Gasteiger partial charge in [0.1, 0.15) is 17.3 Å². The Balaban J connectivity index is 2.14. The number of carbonyl (C=O) groups excluding carboxylic acids is 1. The van der Waals surface area contributed by atoms with Crippen molar-refractivity contribution in [2.75, 3.05) is 32.2 Å². The molecule has 0 spiro atoms. The number of Topliss-reactive ketones (excluding diaryl/α,β-unsaturated/α-hetero) is 1. The number of carbonyl (C=O) groups is 1. The van der Waals surface area contributed by atoms with E-state index in [1.54, 1.807) is 14.2 Å². The van der Waals surface area contributed by atoms with E-state index in [1.807, 2.05) is 18.2 Å². The summed E-state index contributed by atoms with van der Waals surface area (Å²) < 4.78 is 10.7. The Morgan fingerprint density at radius 3 is 2.80 bits per heavy atom. The van der Waals surface area contributed by atoms with E-state index in [4.69, 9.17) is 9.47 Å². The molecule has 0 bridgehead atoms. The first-order chi connectivity index (χ1) is 9.69. The van der Waals surface area contributed by atoms with Crippen LogP contribution in [0.2, 0.25) is 0 Å². The zero-order valence-corrected chi connectivity index (χ0v) is 12.5. The lowest BCUT2D eigenvalue weighted by atomic mass is 10.00. The first-order valence-electron chi connectivity index (χ1n) is 7.19. The van der Waals surface area contributed by atoms with Gasteiger partial charge >= 0.3 is 0 Å². The van der Waals surface area contributed by atoms with Gasteiger partial charge in [-0.05, 0) is 25.0 Å². The second-order valence-electron chi connectivity index (χ2n) is 5.19. The van der Waals surface area contributed by atoms with E-state index in [-0.39, 0.29) is 5.92 Å². The third kappa shape index (κ3) is 3.06. The highest BCUT2D eigenvalue weighted by atomic mass is 16.5. The Kier molecular flexibility index (Phi) is 4.88. The summed E-state index contributed by atoms with van der Waals surface area (Å²) in [6, 6.07) is 5.78. The van der Waals surface area contributed by atoms with Crippen molar-refractivity contribution in [2.45, 2.75) is 26.2 Å². The van der Waals surface area contributed by atoms with Crippen molar-refractivity contribution < 1.29 is 14.3 Å². The molecule has 1 fully saturated rings. The van der Waals surface area contributed by atoms with Gasteiger partial charge in [-0.1, -0.05) is 6.92 Å². The van der Waals surface area contributed by atoms with Gasteiger partial charge < -0.3 is 14.4 Å². The van der Waals surface area contributed by atoms with Gasteiger partial charge in [0, 0.05) is 31.5 Å². The molecule has 1 aromatic rings. The molecule has 0 saturated carbocycles. The number of ether oxygens (including phenoxy) is 2. The highest BCUT2D eigenvalue weighted by Gasteiger charge is 2.29. The molecular weight excluding hydrogens is 254 g/mol. The van der Waals surface area contributed by atoms with Crippen LogP contribution in [0.5, 0.6) is 11.5 Å². The van der Waals surface area contributed by atoms with E-state index in [2.05, 4.69) is 11.8 Å². The molecule has 0 radical (unpaired) electrons. The summed E-state index contributed by atoms with van der Waals surface area (Å²) in [5.41, 5.74) is 1.01. The average molecular weight is 277 g/mol. The van der Waals surface area contributed by atoms with Gasteiger partial charge in [0.2, 0.25) is 0 Å². The molecule has 4 nitrogen and oxygen atoms in total. The summed E-state index contributed by atoms with van der Waals surface area (Å²) in [4.78, 5) is 14.2. The molecule has 20 heavy (non-hydrogen) atoms.